The van der Waals surface area contributed by atoms with E-state index < -0.39 is 5.92 Å². The van der Waals surface area contributed by atoms with Gasteiger partial charge in [0.2, 0.25) is 11.8 Å². The van der Waals surface area contributed by atoms with Crippen LogP contribution in [-0.4, -0.2) is 21.9 Å². The highest BCUT2D eigenvalue weighted by atomic mass is 16.4. The highest BCUT2D eigenvalue weighted by Gasteiger charge is 2.26. The smallest absolute Gasteiger partial charge is 0.231 e. The van der Waals surface area contributed by atoms with E-state index in [1.54, 1.807) is 6.20 Å². The van der Waals surface area contributed by atoms with E-state index in [0.717, 1.165) is 12.2 Å². The molecule has 1 atom stereocenters. The van der Waals surface area contributed by atoms with Crippen LogP contribution in [0.25, 0.3) is 0 Å². The monoisotopic (exact) mass is 268 g/mol. The molecule has 0 spiro atoms. The molecule has 0 aliphatic carbocycles. The fourth-order valence-corrected chi connectivity index (χ4v) is 1.71. The number of aromatic nitrogens is 1. The second-order valence-electron chi connectivity index (χ2n) is 4.54. The Morgan fingerprint density at radius 2 is 2.32 bits per heavy atom. The third kappa shape index (κ3) is 3.97. The Balaban J connectivity index is 2.62. The summed E-state index contributed by atoms with van der Waals surface area (Å²) < 4.78 is 5.37. The molecule has 1 aromatic heterocycles. The van der Waals surface area contributed by atoms with E-state index in [1.165, 1.54) is 0 Å². The van der Waals surface area contributed by atoms with E-state index in [4.69, 9.17) is 15.4 Å². The summed E-state index contributed by atoms with van der Waals surface area (Å²) in [7, 11) is 0. The van der Waals surface area contributed by atoms with Crippen molar-refractivity contribution < 1.29 is 14.4 Å². The first-order valence-corrected chi connectivity index (χ1v) is 6.18. The van der Waals surface area contributed by atoms with Gasteiger partial charge in [-0.3, -0.25) is 4.79 Å². The van der Waals surface area contributed by atoms with Crippen LogP contribution in [0, 0.1) is 11.8 Å². The van der Waals surface area contributed by atoms with Gasteiger partial charge in [-0.05, 0) is 5.92 Å². The number of nitrogens with two attached hydrogens (primary N) is 1. The number of oxazole rings is 1. The highest BCUT2D eigenvalue weighted by molar-refractivity contribution is 6.02. The van der Waals surface area contributed by atoms with Crippen LogP contribution in [0.1, 0.15) is 32.4 Å². The molecule has 0 aliphatic rings. The molecule has 1 aromatic rings. The second-order valence-corrected chi connectivity index (χ2v) is 4.54. The lowest BCUT2D eigenvalue weighted by atomic mass is 9.94. The zero-order chi connectivity index (χ0) is 14.4. The number of aryl methyl sites for hydroxylation is 1. The van der Waals surface area contributed by atoms with Crippen LogP contribution >= 0.6 is 0 Å². The lowest BCUT2D eigenvalue weighted by Gasteiger charge is -2.18. The number of nitrogens with zero attached hydrogens (tertiary/aromatic N) is 2. The van der Waals surface area contributed by atoms with Crippen molar-refractivity contribution in [1.82, 2.24) is 10.3 Å². The third-order valence-corrected chi connectivity index (χ3v) is 2.75. The third-order valence-electron chi connectivity index (χ3n) is 2.75. The maximum atomic E-state index is 12.0. The Labute approximate surface area is 111 Å². The SMILES string of the molecule is CCc1cnc(CNC(=O)C(C(N)=NO)C(C)C)o1. The molecule has 0 aromatic carbocycles. The number of amidine groups is 1. The normalized spacial score (nSPS) is 13.6. The molecule has 1 heterocycles. The van der Waals surface area contributed by atoms with Gasteiger partial charge in [-0.1, -0.05) is 25.9 Å². The predicted molar refractivity (Wildman–Crippen MR) is 69.5 cm³/mol. The zero-order valence-electron chi connectivity index (χ0n) is 11.4. The molecule has 0 bridgehead atoms. The number of oxime groups is 1. The summed E-state index contributed by atoms with van der Waals surface area (Å²) in [6.45, 7) is 5.78. The van der Waals surface area contributed by atoms with Crippen molar-refractivity contribution in [2.45, 2.75) is 33.7 Å². The van der Waals surface area contributed by atoms with Gasteiger partial charge in [0.1, 0.15) is 11.7 Å². The predicted octanol–water partition coefficient (Wildman–Crippen LogP) is 0.872. The first-order chi connectivity index (χ1) is 8.99. The largest absolute Gasteiger partial charge is 0.444 e. The fraction of sp³-hybridized carbons (Fsp3) is 0.583. The van der Waals surface area contributed by atoms with Crippen molar-refractivity contribution in [2.24, 2.45) is 22.7 Å². The summed E-state index contributed by atoms with van der Waals surface area (Å²) in [4.78, 5) is 16.0. The van der Waals surface area contributed by atoms with Crippen LogP contribution in [0.3, 0.4) is 0 Å². The minimum atomic E-state index is -0.675. The van der Waals surface area contributed by atoms with E-state index >= 15 is 0 Å². The molecule has 0 saturated carbocycles. The molecule has 7 heteroatoms. The van der Waals surface area contributed by atoms with E-state index in [2.05, 4.69) is 15.5 Å². The Hall–Kier alpha value is -2.05. The molecule has 0 radical (unpaired) electrons. The first-order valence-electron chi connectivity index (χ1n) is 6.18. The number of carbonyl (C=O) groups excluding carboxylic acids is 1. The topological polar surface area (TPSA) is 114 Å². The highest BCUT2D eigenvalue weighted by Crippen LogP contribution is 2.12. The minimum absolute atomic E-state index is 0.0772. The van der Waals surface area contributed by atoms with Gasteiger partial charge >= 0.3 is 0 Å². The lowest BCUT2D eigenvalue weighted by molar-refractivity contribution is -0.124. The summed E-state index contributed by atoms with van der Waals surface area (Å²) in [6, 6.07) is 0. The minimum Gasteiger partial charge on any atom is -0.444 e. The van der Waals surface area contributed by atoms with Crippen molar-refractivity contribution in [3.8, 4) is 0 Å². The summed E-state index contributed by atoms with van der Waals surface area (Å²) in [5.74, 6) is 0.0290. The maximum absolute atomic E-state index is 12.0. The summed E-state index contributed by atoms with van der Waals surface area (Å²) in [5.41, 5.74) is 5.51. The van der Waals surface area contributed by atoms with Crippen molar-refractivity contribution in [3.63, 3.8) is 0 Å². The summed E-state index contributed by atoms with van der Waals surface area (Å²) >= 11 is 0. The van der Waals surface area contributed by atoms with Gasteiger partial charge < -0.3 is 20.7 Å². The second kappa shape index (κ2) is 6.77. The molecule has 0 aliphatic heterocycles. The Kier molecular flexibility index (Phi) is 5.35. The van der Waals surface area contributed by atoms with Gasteiger partial charge in [0.25, 0.3) is 0 Å². The number of carbonyl (C=O) groups is 1. The van der Waals surface area contributed by atoms with Crippen molar-refractivity contribution in [2.75, 3.05) is 0 Å². The number of hydrogen-bond donors (Lipinski definition) is 3. The molecule has 0 saturated heterocycles. The molecule has 1 amide bonds. The molecular formula is C12H20N4O3. The van der Waals surface area contributed by atoms with Crippen LogP contribution in [0.2, 0.25) is 0 Å². The van der Waals surface area contributed by atoms with Gasteiger partial charge in [-0.25, -0.2) is 4.98 Å². The molecular weight excluding hydrogens is 248 g/mol. The molecule has 1 rings (SSSR count). The van der Waals surface area contributed by atoms with E-state index in [9.17, 15) is 4.79 Å². The Morgan fingerprint density at radius 3 is 2.79 bits per heavy atom. The zero-order valence-corrected chi connectivity index (χ0v) is 11.4. The fourth-order valence-electron chi connectivity index (χ4n) is 1.71. The van der Waals surface area contributed by atoms with Gasteiger partial charge in [0.05, 0.1) is 12.7 Å². The van der Waals surface area contributed by atoms with Crippen LogP contribution in [0.5, 0.6) is 0 Å². The van der Waals surface area contributed by atoms with Gasteiger partial charge in [-0.15, -0.1) is 0 Å². The summed E-state index contributed by atoms with van der Waals surface area (Å²) in [5, 5.41) is 14.2. The van der Waals surface area contributed by atoms with E-state index in [1.807, 2.05) is 20.8 Å². The Bertz CT molecular complexity index is 454. The number of nitrogens with one attached hydrogen (secondary N) is 1. The summed E-state index contributed by atoms with van der Waals surface area (Å²) in [6.07, 6.45) is 2.38. The van der Waals surface area contributed by atoms with Crippen LogP contribution in [-0.2, 0) is 17.8 Å². The standard InChI is InChI=1S/C12H20N4O3/c1-4-8-5-14-9(19-8)6-15-12(17)10(7(2)3)11(13)16-18/h5,7,10,18H,4,6H2,1-3H3,(H2,13,16)(H,15,17). The number of hydrogen-bond acceptors (Lipinski definition) is 5. The Morgan fingerprint density at radius 1 is 1.63 bits per heavy atom. The van der Waals surface area contributed by atoms with Crippen LogP contribution in [0.4, 0.5) is 0 Å². The van der Waals surface area contributed by atoms with Gasteiger partial charge in [-0.2, -0.15) is 0 Å². The first kappa shape index (κ1) is 15.0. The molecule has 1 unspecified atom stereocenters. The molecule has 4 N–H and O–H groups in total. The van der Waals surface area contributed by atoms with E-state index in [0.29, 0.717) is 5.89 Å². The van der Waals surface area contributed by atoms with E-state index in [-0.39, 0.29) is 24.2 Å². The number of rotatable bonds is 6. The average molecular weight is 268 g/mol. The van der Waals surface area contributed by atoms with Crippen molar-refractivity contribution in [3.05, 3.63) is 17.8 Å². The van der Waals surface area contributed by atoms with Crippen molar-refractivity contribution >= 4 is 11.7 Å². The van der Waals surface area contributed by atoms with Crippen LogP contribution in [0.15, 0.2) is 15.8 Å². The lowest BCUT2D eigenvalue weighted by Crippen LogP contribution is -2.41. The maximum Gasteiger partial charge on any atom is 0.231 e. The molecule has 0 fully saturated rings. The molecule has 106 valence electrons. The van der Waals surface area contributed by atoms with Gasteiger partial charge in [0, 0.05) is 6.42 Å². The van der Waals surface area contributed by atoms with Gasteiger partial charge in [0.15, 0.2) is 5.84 Å². The molecule has 7 nitrogen and oxygen atoms in total. The number of amides is 1. The average Bonchev–Trinajstić information content (AvgIpc) is 2.83. The quantitative estimate of drug-likeness (QED) is 0.306. The van der Waals surface area contributed by atoms with Crippen LogP contribution < -0.4 is 11.1 Å². The molecule has 19 heavy (non-hydrogen) atoms. The van der Waals surface area contributed by atoms with Crippen molar-refractivity contribution in [1.29, 1.82) is 0 Å².